The molecule has 0 aromatic heterocycles. The Morgan fingerprint density at radius 1 is 1.13 bits per heavy atom. The van der Waals surface area contributed by atoms with Gasteiger partial charge in [-0.05, 0) is 43.5 Å². The highest BCUT2D eigenvalue weighted by Gasteiger charge is 2.22. The van der Waals surface area contributed by atoms with Crippen LogP contribution >= 0.6 is 0 Å². The van der Waals surface area contributed by atoms with Crippen molar-refractivity contribution < 1.29 is 14.3 Å². The molecule has 4 heteroatoms. The maximum Gasteiger partial charge on any atom is 0.249 e. The second-order valence-corrected chi connectivity index (χ2v) is 6.15. The van der Waals surface area contributed by atoms with E-state index in [1.807, 2.05) is 43.1 Å². The van der Waals surface area contributed by atoms with Gasteiger partial charge in [-0.25, -0.2) is 0 Å². The van der Waals surface area contributed by atoms with Gasteiger partial charge in [-0.1, -0.05) is 25.3 Å². The molecule has 1 amide bonds. The molecular formula is C19H27NO3. The quantitative estimate of drug-likeness (QED) is 0.773. The number of ether oxygens (including phenoxy) is 2. The van der Waals surface area contributed by atoms with Crippen LogP contribution in [0.3, 0.4) is 0 Å². The van der Waals surface area contributed by atoms with Gasteiger partial charge in [-0.2, -0.15) is 0 Å². The van der Waals surface area contributed by atoms with Crippen molar-refractivity contribution in [1.29, 1.82) is 0 Å². The van der Waals surface area contributed by atoms with E-state index in [9.17, 15) is 4.79 Å². The van der Waals surface area contributed by atoms with Crippen LogP contribution in [-0.4, -0.2) is 38.1 Å². The van der Waals surface area contributed by atoms with Crippen molar-refractivity contribution in [3.63, 3.8) is 0 Å². The van der Waals surface area contributed by atoms with Crippen molar-refractivity contribution >= 4 is 12.0 Å². The summed E-state index contributed by atoms with van der Waals surface area (Å²) in [7, 11) is 5.14. The fourth-order valence-electron chi connectivity index (χ4n) is 3.17. The Bertz CT molecular complexity index is 574. The van der Waals surface area contributed by atoms with Crippen molar-refractivity contribution in [3.8, 4) is 11.5 Å². The highest BCUT2D eigenvalue weighted by atomic mass is 16.5. The van der Waals surface area contributed by atoms with Crippen LogP contribution in [0.1, 0.15) is 44.6 Å². The van der Waals surface area contributed by atoms with Crippen LogP contribution in [0.15, 0.2) is 23.8 Å². The Labute approximate surface area is 139 Å². The summed E-state index contributed by atoms with van der Waals surface area (Å²) in [6.45, 7) is 1.87. The minimum atomic E-state index is 0.103. The number of methoxy groups -OCH3 is 2. The summed E-state index contributed by atoms with van der Waals surface area (Å²) in [5, 5.41) is 0. The molecule has 1 aliphatic rings. The lowest BCUT2D eigenvalue weighted by Gasteiger charge is -2.31. The Balaban J connectivity index is 2.13. The molecular weight excluding hydrogens is 290 g/mol. The number of benzene rings is 1. The van der Waals surface area contributed by atoms with Crippen LogP contribution in [0.25, 0.3) is 6.08 Å². The first kappa shape index (κ1) is 17.4. The van der Waals surface area contributed by atoms with Gasteiger partial charge in [0.05, 0.1) is 14.2 Å². The number of hydrogen-bond acceptors (Lipinski definition) is 3. The first-order chi connectivity index (χ1) is 11.1. The highest BCUT2D eigenvalue weighted by Crippen LogP contribution is 2.29. The van der Waals surface area contributed by atoms with Crippen LogP contribution in [0.2, 0.25) is 0 Å². The maximum atomic E-state index is 12.6. The van der Waals surface area contributed by atoms with Crippen molar-refractivity contribution in [2.45, 2.75) is 45.1 Å². The molecule has 126 valence electrons. The molecule has 2 rings (SSSR count). The third-order valence-corrected chi connectivity index (χ3v) is 4.57. The predicted octanol–water partition coefficient (Wildman–Crippen LogP) is 3.90. The monoisotopic (exact) mass is 317 g/mol. The van der Waals surface area contributed by atoms with Gasteiger partial charge in [0.15, 0.2) is 11.5 Å². The summed E-state index contributed by atoms with van der Waals surface area (Å²) in [5.41, 5.74) is 1.68. The smallest absolute Gasteiger partial charge is 0.249 e. The largest absolute Gasteiger partial charge is 0.493 e. The summed E-state index contributed by atoms with van der Waals surface area (Å²) >= 11 is 0. The Morgan fingerprint density at radius 3 is 2.39 bits per heavy atom. The Morgan fingerprint density at radius 2 is 1.78 bits per heavy atom. The Kier molecular flexibility index (Phi) is 6.08. The summed E-state index contributed by atoms with van der Waals surface area (Å²) in [6.07, 6.45) is 7.88. The molecule has 0 N–H and O–H groups in total. The molecule has 1 aromatic carbocycles. The molecule has 0 heterocycles. The molecule has 1 aliphatic carbocycles. The highest BCUT2D eigenvalue weighted by molar-refractivity contribution is 5.97. The van der Waals surface area contributed by atoms with Gasteiger partial charge in [-0.3, -0.25) is 4.79 Å². The van der Waals surface area contributed by atoms with Gasteiger partial charge < -0.3 is 14.4 Å². The summed E-state index contributed by atoms with van der Waals surface area (Å²) in [6, 6.07) is 6.05. The van der Waals surface area contributed by atoms with E-state index in [1.165, 1.54) is 19.3 Å². The number of rotatable bonds is 5. The van der Waals surface area contributed by atoms with Crippen LogP contribution in [-0.2, 0) is 4.79 Å². The van der Waals surface area contributed by atoms with Gasteiger partial charge in [-0.15, -0.1) is 0 Å². The molecule has 0 saturated heterocycles. The van der Waals surface area contributed by atoms with E-state index >= 15 is 0 Å². The second-order valence-electron chi connectivity index (χ2n) is 6.15. The normalized spacial score (nSPS) is 16.1. The van der Waals surface area contributed by atoms with E-state index in [1.54, 1.807) is 14.2 Å². The molecule has 23 heavy (non-hydrogen) atoms. The number of nitrogens with zero attached hydrogens (tertiary/aromatic N) is 1. The molecule has 0 bridgehead atoms. The number of likely N-dealkylation sites (N-methyl/N-ethyl adjacent to an activating group) is 1. The zero-order valence-corrected chi connectivity index (χ0v) is 14.6. The fraction of sp³-hybridized carbons (Fsp3) is 0.526. The average molecular weight is 317 g/mol. The zero-order chi connectivity index (χ0) is 16.8. The van der Waals surface area contributed by atoms with E-state index in [2.05, 4.69) is 0 Å². The standard InChI is InChI=1S/C19H27NO3/c1-14(19(21)20(2)16-8-6-5-7-9-16)12-15-10-11-17(22-3)18(13-15)23-4/h10-13,16H,5-9H2,1-4H3/b14-12+. The molecule has 4 nitrogen and oxygen atoms in total. The number of carbonyl (C=O) groups is 1. The minimum absolute atomic E-state index is 0.103. The predicted molar refractivity (Wildman–Crippen MR) is 92.8 cm³/mol. The van der Waals surface area contributed by atoms with E-state index in [0.717, 1.165) is 24.0 Å². The maximum absolute atomic E-state index is 12.6. The minimum Gasteiger partial charge on any atom is -0.493 e. The molecule has 0 radical (unpaired) electrons. The number of carbonyl (C=O) groups excluding carboxylic acids is 1. The SMILES string of the molecule is COc1ccc(/C=C(\C)C(=O)N(C)C2CCCCC2)cc1OC. The first-order valence-corrected chi connectivity index (χ1v) is 8.24. The summed E-state index contributed by atoms with van der Waals surface area (Å²) in [4.78, 5) is 14.5. The van der Waals surface area contributed by atoms with Crippen molar-refractivity contribution in [2.75, 3.05) is 21.3 Å². The van der Waals surface area contributed by atoms with E-state index in [0.29, 0.717) is 17.5 Å². The van der Waals surface area contributed by atoms with Crippen molar-refractivity contribution in [1.82, 2.24) is 4.90 Å². The van der Waals surface area contributed by atoms with Gasteiger partial charge >= 0.3 is 0 Å². The van der Waals surface area contributed by atoms with Crippen molar-refractivity contribution in [3.05, 3.63) is 29.3 Å². The number of hydrogen-bond donors (Lipinski definition) is 0. The molecule has 0 aliphatic heterocycles. The first-order valence-electron chi connectivity index (χ1n) is 8.24. The lowest BCUT2D eigenvalue weighted by Crippen LogP contribution is -2.38. The Hall–Kier alpha value is -1.97. The van der Waals surface area contributed by atoms with Gasteiger partial charge in [0.1, 0.15) is 0 Å². The topological polar surface area (TPSA) is 38.8 Å². The lowest BCUT2D eigenvalue weighted by atomic mass is 9.94. The average Bonchev–Trinajstić information content (AvgIpc) is 2.60. The van der Waals surface area contributed by atoms with Gasteiger partial charge in [0, 0.05) is 18.7 Å². The third kappa shape index (κ3) is 4.27. The molecule has 1 aromatic rings. The second kappa shape index (κ2) is 8.04. The third-order valence-electron chi connectivity index (χ3n) is 4.57. The van der Waals surface area contributed by atoms with Crippen LogP contribution in [0.4, 0.5) is 0 Å². The molecule has 0 atom stereocenters. The van der Waals surface area contributed by atoms with Crippen LogP contribution in [0.5, 0.6) is 11.5 Å². The molecule has 1 fully saturated rings. The fourth-order valence-corrected chi connectivity index (χ4v) is 3.17. The number of amides is 1. The zero-order valence-electron chi connectivity index (χ0n) is 14.6. The lowest BCUT2D eigenvalue weighted by molar-refractivity contribution is -0.128. The molecule has 0 unspecified atom stereocenters. The van der Waals surface area contributed by atoms with Gasteiger partial charge in [0.25, 0.3) is 0 Å². The van der Waals surface area contributed by atoms with Crippen LogP contribution < -0.4 is 9.47 Å². The van der Waals surface area contributed by atoms with Crippen molar-refractivity contribution in [2.24, 2.45) is 0 Å². The molecule has 1 saturated carbocycles. The van der Waals surface area contributed by atoms with E-state index in [4.69, 9.17) is 9.47 Å². The summed E-state index contributed by atoms with van der Waals surface area (Å²) in [5.74, 6) is 1.46. The summed E-state index contributed by atoms with van der Waals surface area (Å²) < 4.78 is 10.6. The molecule has 0 spiro atoms. The van der Waals surface area contributed by atoms with E-state index < -0.39 is 0 Å². The van der Waals surface area contributed by atoms with E-state index in [-0.39, 0.29) is 5.91 Å². The van der Waals surface area contributed by atoms with Gasteiger partial charge in [0.2, 0.25) is 5.91 Å². The van der Waals surface area contributed by atoms with Crippen LogP contribution in [0, 0.1) is 0 Å².